The Kier molecular flexibility index (Phi) is 9.91. The number of fused-ring (bicyclic) bond motifs is 2. The van der Waals surface area contributed by atoms with Gasteiger partial charge in [0, 0.05) is 10.8 Å². The third kappa shape index (κ3) is 7.00. The van der Waals surface area contributed by atoms with Gasteiger partial charge in [0.1, 0.15) is 32.7 Å². The highest BCUT2D eigenvalue weighted by Crippen LogP contribution is 2.44. The predicted octanol–water partition coefficient (Wildman–Crippen LogP) is 9.39. The van der Waals surface area contributed by atoms with Gasteiger partial charge in [0.25, 0.3) is 20.2 Å². The number of phenols is 2. The first-order chi connectivity index (χ1) is 24.4. The number of nitrogen functional groups attached to an aromatic ring is 2. The highest BCUT2D eigenvalue weighted by atomic mass is 127. The fourth-order valence-corrected chi connectivity index (χ4v) is 7.92. The quantitative estimate of drug-likeness (QED) is 0.0383. The van der Waals surface area contributed by atoms with E-state index >= 15 is 0 Å². The van der Waals surface area contributed by atoms with E-state index in [9.17, 15) is 36.2 Å². The Hall–Kier alpha value is -4.48. The van der Waals surface area contributed by atoms with Crippen LogP contribution in [0.25, 0.3) is 32.7 Å². The zero-order valence-corrected chi connectivity index (χ0v) is 32.8. The van der Waals surface area contributed by atoms with Crippen LogP contribution in [-0.2, 0) is 20.2 Å². The molecule has 52 heavy (non-hydrogen) atoms. The van der Waals surface area contributed by atoms with Gasteiger partial charge < -0.3 is 21.7 Å². The highest BCUT2D eigenvalue weighted by Gasteiger charge is 2.23. The molecule has 266 valence electrons. The van der Waals surface area contributed by atoms with Crippen LogP contribution in [0.1, 0.15) is 11.1 Å². The Morgan fingerprint density at radius 3 is 1.21 bits per heavy atom. The standard InChI is InChI=1S/C34H26I2N6O8S2/c1-15-11-17(3-9-23(15)39-41-25-13-27(51(45,46)47)19-5-7-21(35)33(43)29(19)31(25)37)18-4-10-24(16(2)12-18)40-42-26-14-28(52(48,49)50)20-6-8-22(36)34(44)30(20)32(26)38/h3-14,43-44H,37-38H2,1-2H3,(H,45,46,47)(H,48,49,50). The van der Waals surface area contributed by atoms with E-state index < -0.39 is 30.0 Å². The number of anilines is 2. The SMILES string of the molecule is Cc1cc(-c2ccc(N=Nc3cc(S(=O)(=O)O)c4ccc(I)c(O)c4c3N)c(C)c2)ccc1N=Nc1cc(S(=O)(=O)O)c2ccc(I)c(O)c2c1N. The summed E-state index contributed by atoms with van der Waals surface area (Å²) in [6.45, 7) is 3.62. The summed E-state index contributed by atoms with van der Waals surface area (Å²) in [7, 11) is -9.40. The van der Waals surface area contributed by atoms with Crippen LogP contribution in [0.3, 0.4) is 0 Å². The minimum atomic E-state index is -4.70. The summed E-state index contributed by atoms with van der Waals surface area (Å²) >= 11 is 3.75. The van der Waals surface area contributed by atoms with Crippen molar-refractivity contribution in [1.29, 1.82) is 0 Å². The predicted molar refractivity (Wildman–Crippen MR) is 215 cm³/mol. The van der Waals surface area contributed by atoms with Gasteiger partial charge in [-0.05, 0) is 130 Å². The van der Waals surface area contributed by atoms with Crippen LogP contribution in [-0.4, -0.2) is 36.2 Å². The van der Waals surface area contributed by atoms with E-state index in [1.807, 2.05) is 71.2 Å². The molecule has 0 atom stereocenters. The van der Waals surface area contributed by atoms with Gasteiger partial charge in [0.2, 0.25) is 0 Å². The zero-order valence-electron chi connectivity index (χ0n) is 26.9. The minimum Gasteiger partial charge on any atom is -0.506 e. The molecule has 0 aliphatic heterocycles. The molecule has 8 N–H and O–H groups in total. The monoisotopic (exact) mass is 964 g/mol. The lowest BCUT2D eigenvalue weighted by Gasteiger charge is -2.12. The molecular weight excluding hydrogens is 938 g/mol. The lowest BCUT2D eigenvalue weighted by atomic mass is 10.0. The maximum Gasteiger partial charge on any atom is 0.295 e. The molecule has 0 aromatic heterocycles. The fourth-order valence-electron chi connectivity index (χ4n) is 5.61. The third-order valence-corrected chi connectivity index (χ3v) is 11.8. The van der Waals surface area contributed by atoms with E-state index in [4.69, 9.17) is 11.5 Å². The molecule has 0 saturated carbocycles. The molecular formula is C34H26I2N6O8S2. The maximum atomic E-state index is 12.2. The van der Waals surface area contributed by atoms with E-state index in [1.165, 1.54) is 24.3 Å². The first kappa shape index (κ1) is 37.3. The second-order valence-corrected chi connectivity index (χ2v) is 16.7. The minimum absolute atomic E-state index is 0.0146. The molecule has 6 rings (SSSR count). The van der Waals surface area contributed by atoms with Crippen LogP contribution in [0.4, 0.5) is 34.1 Å². The van der Waals surface area contributed by atoms with Gasteiger partial charge >= 0.3 is 0 Å². The van der Waals surface area contributed by atoms with E-state index in [1.54, 1.807) is 24.3 Å². The lowest BCUT2D eigenvalue weighted by molar-refractivity contribution is 0.476. The number of nitrogens with zero attached hydrogens (tertiary/aromatic N) is 4. The number of hydrogen-bond donors (Lipinski definition) is 6. The Labute approximate surface area is 324 Å². The second kappa shape index (κ2) is 13.8. The molecule has 18 heteroatoms. The maximum absolute atomic E-state index is 12.2. The van der Waals surface area contributed by atoms with Crippen molar-refractivity contribution in [2.45, 2.75) is 23.6 Å². The third-order valence-electron chi connectivity index (χ3n) is 8.23. The van der Waals surface area contributed by atoms with Gasteiger partial charge in [0.15, 0.2) is 0 Å². The summed E-state index contributed by atoms with van der Waals surface area (Å²) in [5.74, 6) is -0.500. The van der Waals surface area contributed by atoms with E-state index in [2.05, 4.69) is 20.5 Å². The molecule has 0 bridgehead atoms. The van der Waals surface area contributed by atoms with Crippen LogP contribution < -0.4 is 11.5 Å². The summed E-state index contributed by atoms with van der Waals surface area (Å²) in [6.07, 6.45) is 0. The first-order valence-electron chi connectivity index (χ1n) is 14.8. The van der Waals surface area contributed by atoms with Crippen LogP contribution >= 0.6 is 45.2 Å². The molecule has 0 unspecified atom stereocenters. The molecule has 0 radical (unpaired) electrons. The molecule has 0 aliphatic rings. The number of rotatable bonds is 7. The van der Waals surface area contributed by atoms with Crippen molar-refractivity contribution in [3.05, 3.63) is 91.1 Å². The number of halogens is 2. The normalized spacial score (nSPS) is 12.5. The van der Waals surface area contributed by atoms with Gasteiger partial charge in [-0.2, -0.15) is 27.1 Å². The first-order valence-corrected chi connectivity index (χ1v) is 19.9. The summed E-state index contributed by atoms with van der Waals surface area (Å²) in [5, 5.41) is 38.3. The molecule has 0 aliphatic carbocycles. The van der Waals surface area contributed by atoms with E-state index in [0.29, 0.717) is 29.6 Å². The number of azo groups is 2. The van der Waals surface area contributed by atoms with Gasteiger partial charge in [-0.15, -0.1) is 10.2 Å². The van der Waals surface area contributed by atoms with E-state index in [-0.39, 0.29) is 55.8 Å². The summed E-state index contributed by atoms with van der Waals surface area (Å²) in [4.78, 5) is -0.944. The van der Waals surface area contributed by atoms with Crippen molar-refractivity contribution in [2.24, 2.45) is 20.5 Å². The van der Waals surface area contributed by atoms with Gasteiger partial charge in [-0.25, -0.2) is 0 Å². The van der Waals surface area contributed by atoms with Crippen molar-refractivity contribution in [1.82, 2.24) is 0 Å². The Bertz CT molecular complexity index is 2600. The molecule has 14 nitrogen and oxygen atoms in total. The summed E-state index contributed by atoms with van der Waals surface area (Å²) < 4.78 is 69.3. The van der Waals surface area contributed by atoms with Gasteiger partial charge in [0.05, 0.1) is 40.7 Å². The number of aromatic hydroxyl groups is 2. The van der Waals surface area contributed by atoms with Crippen LogP contribution in [0.5, 0.6) is 11.5 Å². The number of nitrogens with two attached hydrogens (primary N) is 2. The molecule has 0 spiro atoms. The van der Waals surface area contributed by atoms with Crippen LogP contribution in [0.15, 0.2) is 103 Å². The smallest absolute Gasteiger partial charge is 0.295 e. The van der Waals surface area contributed by atoms with Crippen molar-refractivity contribution < 1.29 is 36.2 Å². The van der Waals surface area contributed by atoms with Gasteiger partial charge in [-0.1, -0.05) is 24.3 Å². The Morgan fingerprint density at radius 1 is 0.538 bits per heavy atom. The number of aryl methyl sites for hydroxylation is 2. The zero-order chi connectivity index (χ0) is 37.9. The molecule has 6 aromatic carbocycles. The van der Waals surface area contributed by atoms with Crippen molar-refractivity contribution in [3.63, 3.8) is 0 Å². The van der Waals surface area contributed by atoms with Crippen molar-refractivity contribution in [3.8, 4) is 22.6 Å². The number of hydrogen-bond acceptors (Lipinski definition) is 12. The highest BCUT2D eigenvalue weighted by molar-refractivity contribution is 14.1. The second-order valence-electron chi connectivity index (χ2n) is 11.6. The van der Waals surface area contributed by atoms with E-state index in [0.717, 1.165) is 23.3 Å². The van der Waals surface area contributed by atoms with Crippen LogP contribution in [0.2, 0.25) is 0 Å². The Morgan fingerprint density at radius 2 is 0.885 bits per heavy atom. The summed E-state index contributed by atoms with van der Waals surface area (Å²) in [5.41, 5.74) is 16.4. The number of benzene rings is 6. The summed E-state index contributed by atoms with van der Waals surface area (Å²) in [6, 6.07) is 18.8. The molecule has 0 saturated heterocycles. The van der Waals surface area contributed by atoms with Crippen molar-refractivity contribution >= 4 is 121 Å². The average molecular weight is 965 g/mol. The molecule has 0 fully saturated rings. The average Bonchev–Trinajstić information content (AvgIpc) is 3.07. The number of phenolic OH excluding ortho intramolecular Hbond substituents is 2. The molecule has 0 amide bonds. The molecule has 0 heterocycles. The largest absolute Gasteiger partial charge is 0.506 e. The van der Waals surface area contributed by atoms with Crippen LogP contribution in [0, 0.1) is 21.0 Å². The molecule has 6 aromatic rings. The van der Waals surface area contributed by atoms with Gasteiger partial charge in [-0.3, -0.25) is 9.11 Å². The lowest BCUT2D eigenvalue weighted by Crippen LogP contribution is -2.01. The Balaban J connectivity index is 1.31. The van der Waals surface area contributed by atoms with Crippen molar-refractivity contribution in [2.75, 3.05) is 11.5 Å². The fraction of sp³-hybridized carbons (Fsp3) is 0.0588. The topological polar surface area (TPSA) is 251 Å².